The minimum absolute atomic E-state index is 0.150. The largest absolute Gasteiger partial charge is 0.490 e. The van der Waals surface area contributed by atoms with Crippen molar-refractivity contribution < 1.29 is 14.5 Å². The molecule has 0 saturated carbocycles. The number of fused-ring (bicyclic) bond motifs is 4. The second-order valence-corrected chi connectivity index (χ2v) is 7.76. The van der Waals surface area contributed by atoms with E-state index >= 15 is 0 Å². The molecule has 132 valence electrons. The summed E-state index contributed by atoms with van der Waals surface area (Å²) < 4.78 is 6.10. The van der Waals surface area contributed by atoms with Crippen molar-refractivity contribution in [3.8, 4) is 5.75 Å². The number of aromatic nitrogens is 1. The van der Waals surface area contributed by atoms with Crippen LogP contribution in [0.1, 0.15) is 41.0 Å². The van der Waals surface area contributed by atoms with Crippen molar-refractivity contribution in [1.29, 1.82) is 0 Å². The first-order chi connectivity index (χ1) is 12.3. The summed E-state index contributed by atoms with van der Waals surface area (Å²) in [4.78, 5) is 27.5. The number of ether oxygens (including phenoxy) is 1. The summed E-state index contributed by atoms with van der Waals surface area (Å²) in [5.74, 6) is -0.0643. The van der Waals surface area contributed by atoms with Gasteiger partial charge in [-0.1, -0.05) is 35.8 Å². The number of nitrogens with one attached hydrogen (secondary N) is 1. The number of H-pyrrole nitrogens is 1. The summed E-state index contributed by atoms with van der Waals surface area (Å²) in [6.45, 7) is 3.99. The first-order valence-corrected chi connectivity index (χ1v) is 8.78. The quantitative estimate of drug-likeness (QED) is 0.485. The Labute approximate surface area is 157 Å². The number of aromatic amines is 1. The van der Waals surface area contributed by atoms with Crippen molar-refractivity contribution in [2.24, 2.45) is 0 Å². The molecule has 1 aliphatic rings. The Bertz CT molecular complexity index is 1110. The predicted octanol–water partition coefficient (Wildman–Crippen LogP) is 4.72. The Hall–Kier alpha value is -2.67. The molecule has 0 saturated heterocycles. The molecule has 1 heterocycles. The van der Waals surface area contributed by atoms with E-state index in [-0.39, 0.29) is 17.2 Å². The zero-order valence-corrected chi connectivity index (χ0v) is 15.9. The molecule has 1 aliphatic carbocycles. The number of carbonyl (C=O) groups is 1. The van der Waals surface area contributed by atoms with Gasteiger partial charge in [0, 0.05) is 38.1 Å². The molecule has 26 heavy (non-hydrogen) atoms. The van der Waals surface area contributed by atoms with E-state index in [0.717, 1.165) is 21.1 Å². The number of benzene rings is 2. The highest BCUT2D eigenvalue weighted by Gasteiger charge is 2.41. The standard InChI is InChI=1S/C19H15BrN2O4/c1-19(2)12-8-15(26-3)14(22(24)25)7-11(12)17(23)16-10-5-4-9(20)6-13(10)21-18(16)19/h4-8,21H,1-3H3. The molecule has 0 unspecified atom stereocenters. The van der Waals surface area contributed by atoms with Crippen molar-refractivity contribution in [2.75, 3.05) is 7.11 Å². The van der Waals surface area contributed by atoms with Crippen molar-refractivity contribution in [3.05, 3.63) is 67.3 Å². The van der Waals surface area contributed by atoms with Crippen LogP contribution in [0.4, 0.5) is 5.69 Å². The summed E-state index contributed by atoms with van der Waals surface area (Å²) in [5.41, 5.74) is 2.54. The minimum atomic E-state index is -0.535. The number of rotatable bonds is 2. The third-order valence-corrected chi connectivity index (χ3v) is 5.54. The molecule has 2 aromatic carbocycles. The summed E-state index contributed by atoms with van der Waals surface area (Å²) in [5, 5.41) is 12.2. The monoisotopic (exact) mass is 414 g/mol. The number of halogens is 1. The van der Waals surface area contributed by atoms with Crippen LogP contribution >= 0.6 is 15.9 Å². The summed E-state index contributed by atoms with van der Waals surface area (Å²) in [7, 11) is 1.39. The van der Waals surface area contributed by atoms with E-state index in [9.17, 15) is 14.9 Å². The van der Waals surface area contributed by atoms with Gasteiger partial charge in [-0.05, 0) is 23.8 Å². The van der Waals surface area contributed by atoms with Crippen molar-refractivity contribution in [3.63, 3.8) is 0 Å². The third-order valence-electron chi connectivity index (χ3n) is 5.05. The molecular formula is C19H15BrN2O4. The number of ketones is 1. The molecule has 0 fully saturated rings. The second kappa shape index (κ2) is 5.41. The Kier molecular flexibility index (Phi) is 3.49. The van der Waals surface area contributed by atoms with Crippen LogP contribution in [0.25, 0.3) is 10.9 Å². The van der Waals surface area contributed by atoms with Gasteiger partial charge in [-0.3, -0.25) is 14.9 Å². The van der Waals surface area contributed by atoms with E-state index in [1.54, 1.807) is 6.07 Å². The highest BCUT2D eigenvalue weighted by molar-refractivity contribution is 9.10. The van der Waals surface area contributed by atoms with Crippen LogP contribution in [0.5, 0.6) is 5.75 Å². The maximum absolute atomic E-state index is 13.2. The number of carbonyl (C=O) groups excluding carboxylic acids is 1. The Morgan fingerprint density at radius 2 is 1.96 bits per heavy atom. The lowest BCUT2D eigenvalue weighted by Crippen LogP contribution is -2.30. The molecule has 0 spiro atoms. The molecule has 1 aromatic heterocycles. The van der Waals surface area contributed by atoms with Gasteiger partial charge in [0.2, 0.25) is 0 Å². The highest BCUT2D eigenvalue weighted by atomic mass is 79.9. The Morgan fingerprint density at radius 3 is 2.62 bits per heavy atom. The van der Waals surface area contributed by atoms with Crippen LogP contribution in [0.2, 0.25) is 0 Å². The first kappa shape index (κ1) is 16.8. The number of nitrogens with zero attached hydrogens (tertiary/aromatic N) is 1. The molecule has 6 nitrogen and oxygen atoms in total. The van der Waals surface area contributed by atoms with Crippen molar-refractivity contribution in [2.45, 2.75) is 19.3 Å². The lowest BCUT2D eigenvalue weighted by molar-refractivity contribution is -0.385. The Balaban J connectivity index is 2.08. The van der Waals surface area contributed by atoms with E-state index in [2.05, 4.69) is 20.9 Å². The van der Waals surface area contributed by atoms with Crippen molar-refractivity contribution in [1.82, 2.24) is 4.98 Å². The van der Waals surface area contributed by atoms with Gasteiger partial charge in [0.15, 0.2) is 11.5 Å². The summed E-state index contributed by atoms with van der Waals surface area (Å²) >= 11 is 3.45. The van der Waals surface area contributed by atoms with Crippen LogP contribution in [0.3, 0.4) is 0 Å². The molecule has 1 N–H and O–H groups in total. The summed E-state index contributed by atoms with van der Waals surface area (Å²) in [6, 6.07) is 8.62. The van der Waals surface area contributed by atoms with Gasteiger partial charge in [-0.15, -0.1) is 0 Å². The van der Waals surface area contributed by atoms with Crippen LogP contribution in [-0.4, -0.2) is 22.8 Å². The molecule has 0 amide bonds. The number of methoxy groups -OCH3 is 1. The molecule has 0 bridgehead atoms. The fraction of sp³-hybridized carbons (Fsp3) is 0.211. The van der Waals surface area contributed by atoms with Gasteiger partial charge in [0.1, 0.15) is 0 Å². The average molecular weight is 415 g/mol. The van der Waals surface area contributed by atoms with Crippen LogP contribution in [-0.2, 0) is 5.41 Å². The predicted molar refractivity (Wildman–Crippen MR) is 101 cm³/mol. The van der Waals surface area contributed by atoms with E-state index in [4.69, 9.17) is 4.74 Å². The first-order valence-electron chi connectivity index (χ1n) is 7.99. The van der Waals surface area contributed by atoms with Gasteiger partial charge < -0.3 is 9.72 Å². The number of nitro groups is 1. The zero-order valence-electron chi connectivity index (χ0n) is 14.3. The van der Waals surface area contributed by atoms with Crippen LogP contribution in [0.15, 0.2) is 34.8 Å². The van der Waals surface area contributed by atoms with Gasteiger partial charge in [-0.2, -0.15) is 0 Å². The average Bonchev–Trinajstić information content (AvgIpc) is 2.98. The maximum atomic E-state index is 13.2. The maximum Gasteiger partial charge on any atom is 0.311 e. The fourth-order valence-electron chi connectivity index (χ4n) is 3.72. The fourth-order valence-corrected chi connectivity index (χ4v) is 4.08. The van der Waals surface area contributed by atoms with E-state index < -0.39 is 10.3 Å². The summed E-state index contributed by atoms with van der Waals surface area (Å²) in [6.07, 6.45) is 0. The Morgan fingerprint density at radius 1 is 1.23 bits per heavy atom. The topological polar surface area (TPSA) is 85.2 Å². The van der Waals surface area contributed by atoms with Gasteiger partial charge >= 0.3 is 5.69 Å². The van der Waals surface area contributed by atoms with Gasteiger partial charge in [0.25, 0.3) is 0 Å². The van der Waals surface area contributed by atoms with Gasteiger partial charge in [-0.25, -0.2) is 0 Å². The second-order valence-electron chi connectivity index (χ2n) is 6.85. The molecular weight excluding hydrogens is 400 g/mol. The SMILES string of the molecule is COc1cc2c(cc1[N+](=O)[O-])C(=O)c1c([nH]c3cc(Br)ccc13)C2(C)C. The van der Waals surface area contributed by atoms with Crippen LogP contribution in [0, 0.1) is 10.1 Å². The number of nitro benzene ring substituents is 1. The minimum Gasteiger partial charge on any atom is -0.490 e. The molecule has 0 atom stereocenters. The van der Waals surface area contributed by atoms with E-state index in [1.807, 2.05) is 32.0 Å². The highest BCUT2D eigenvalue weighted by Crippen LogP contribution is 2.46. The normalized spacial score (nSPS) is 14.8. The third kappa shape index (κ3) is 2.13. The molecule has 3 aromatic rings. The number of hydrogen-bond donors (Lipinski definition) is 1. The lowest BCUT2D eigenvalue weighted by Gasteiger charge is -2.32. The van der Waals surface area contributed by atoms with Crippen molar-refractivity contribution >= 4 is 38.3 Å². The van der Waals surface area contributed by atoms with E-state index in [1.165, 1.54) is 13.2 Å². The molecule has 4 rings (SSSR count). The number of hydrogen-bond acceptors (Lipinski definition) is 4. The van der Waals surface area contributed by atoms with Crippen LogP contribution < -0.4 is 4.74 Å². The molecule has 0 radical (unpaired) electrons. The lowest BCUT2D eigenvalue weighted by atomic mass is 9.71. The smallest absolute Gasteiger partial charge is 0.311 e. The molecule has 0 aliphatic heterocycles. The zero-order chi connectivity index (χ0) is 18.8. The molecule has 7 heteroatoms. The van der Waals surface area contributed by atoms with Gasteiger partial charge in [0.05, 0.1) is 17.6 Å². The van der Waals surface area contributed by atoms with E-state index in [0.29, 0.717) is 16.7 Å².